The molecule has 30 heavy (non-hydrogen) atoms. The minimum Gasteiger partial charge on any atom is -0.872 e. The van der Waals surface area contributed by atoms with Crippen molar-refractivity contribution in [2.45, 2.75) is 0 Å². The van der Waals surface area contributed by atoms with Gasteiger partial charge in [0.25, 0.3) is 0 Å². The first-order valence-electron chi connectivity index (χ1n) is 7.92. The number of methoxy groups -OCH3 is 3. The molecule has 0 saturated carbocycles. The van der Waals surface area contributed by atoms with E-state index in [-0.39, 0.29) is 73.8 Å². The van der Waals surface area contributed by atoms with E-state index in [9.17, 15) is 15.3 Å². The van der Waals surface area contributed by atoms with Gasteiger partial charge in [0.05, 0.1) is 21.3 Å². The summed E-state index contributed by atoms with van der Waals surface area (Å²) < 4.78 is 14.4. The zero-order chi connectivity index (χ0) is 20.1. The smallest absolute Gasteiger partial charge is 0.872 e. The summed E-state index contributed by atoms with van der Waals surface area (Å²) in [5, 5.41) is 31.8. The van der Waals surface area contributed by atoms with E-state index < -0.39 is 0 Å². The number of benzene rings is 3. The monoisotopic (exact) mass is 390 g/mol. The summed E-state index contributed by atoms with van der Waals surface area (Å²) >= 11 is 0. The Bertz CT molecular complexity index is 801. The fourth-order valence-corrected chi connectivity index (χ4v) is 1.80. The first kappa shape index (κ1) is 32.9. The van der Waals surface area contributed by atoms with Gasteiger partial charge in [-0.1, -0.05) is 48.2 Å². The van der Waals surface area contributed by atoms with Crippen molar-refractivity contribution in [3.63, 3.8) is 0 Å². The van der Waals surface area contributed by atoms with Gasteiger partial charge in [0.2, 0.25) is 0 Å². The molecule has 0 aliphatic heterocycles. The van der Waals surface area contributed by atoms with E-state index >= 15 is 0 Å². The molecule has 3 rings (SSSR count). The molecule has 0 atom stereocenters. The molecule has 0 aromatic heterocycles. The third-order valence-electron chi connectivity index (χ3n) is 3.17. The molecule has 6 nitrogen and oxygen atoms in total. The molecule has 0 heterocycles. The molecule has 0 spiro atoms. The summed E-state index contributed by atoms with van der Waals surface area (Å²) in [4.78, 5) is 0. The molecule has 144 valence electrons. The quantitative estimate of drug-likeness (QED) is 0.413. The van der Waals surface area contributed by atoms with Gasteiger partial charge in [0.1, 0.15) is 17.2 Å². The Morgan fingerprint density at radius 1 is 0.533 bits per heavy atom. The molecule has 0 aliphatic rings. The average Bonchev–Trinajstić information content (AvgIpc) is 2.70. The standard InChI is InChI=1S/3C7H8O2.3Li/c1-9-7-4-2-6(8)3-5-7;1-9-7-4-2-3-6(8)5-7;1-9-7-5-3-2-4-6(7)8;;;/h3*2-5,8H,1H3;;;/q;;;3*+1/p-3. The largest absolute Gasteiger partial charge is 1.00 e. The van der Waals surface area contributed by atoms with Gasteiger partial charge < -0.3 is 29.5 Å². The Labute approximate surface area is 213 Å². The van der Waals surface area contributed by atoms with Crippen molar-refractivity contribution in [1.82, 2.24) is 0 Å². The predicted octanol–water partition coefficient (Wildman–Crippen LogP) is -6.68. The molecule has 0 amide bonds. The molecule has 0 radical (unpaired) electrons. The Kier molecular flexibility index (Phi) is 21.1. The van der Waals surface area contributed by atoms with Crippen LogP contribution >= 0.6 is 0 Å². The third kappa shape index (κ3) is 13.5. The number of ether oxygens (including phenoxy) is 3. The van der Waals surface area contributed by atoms with E-state index in [1.54, 1.807) is 49.6 Å². The number of hydrogen-bond donors (Lipinski definition) is 0. The Hall–Kier alpha value is -1.75. The summed E-state index contributed by atoms with van der Waals surface area (Å²) in [6, 6.07) is 19.1. The predicted molar refractivity (Wildman–Crippen MR) is 97.3 cm³/mol. The van der Waals surface area contributed by atoms with Crippen molar-refractivity contribution in [3.05, 3.63) is 72.8 Å². The summed E-state index contributed by atoms with van der Waals surface area (Å²) in [6.07, 6.45) is 0. The summed E-state index contributed by atoms with van der Waals surface area (Å²) in [5.41, 5.74) is 0. The van der Waals surface area contributed by atoms with E-state index in [1.165, 1.54) is 44.6 Å². The van der Waals surface area contributed by atoms with Crippen molar-refractivity contribution in [2.75, 3.05) is 21.3 Å². The van der Waals surface area contributed by atoms with Crippen LogP contribution in [-0.4, -0.2) is 21.3 Å². The van der Waals surface area contributed by atoms with Crippen molar-refractivity contribution in [3.8, 4) is 34.5 Å². The van der Waals surface area contributed by atoms with Crippen LogP contribution in [0, 0.1) is 0 Å². The molecule has 9 heteroatoms. The van der Waals surface area contributed by atoms with E-state index in [4.69, 9.17) is 14.2 Å². The van der Waals surface area contributed by atoms with Gasteiger partial charge in [-0.25, -0.2) is 0 Å². The summed E-state index contributed by atoms with van der Waals surface area (Å²) in [5.74, 6) is 1.65. The zero-order valence-electron chi connectivity index (χ0n) is 18.4. The van der Waals surface area contributed by atoms with Gasteiger partial charge in [-0.05, 0) is 30.3 Å². The molecule has 0 aliphatic carbocycles. The molecule has 0 unspecified atom stereocenters. The zero-order valence-corrected chi connectivity index (χ0v) is 18.4. The van der Waals surface area contributed by atoms with Gasteiger partial charge in [0.15, 0.2) is 0 Å². The summed E-state index contributed by atoms with van der Waals surface area (Å²) in [6.45, 7) is 0. The van der Waals surface area contributed by atoms with Gasteiger partial charge in [-0.3, -0.25) is 0 Å². The molecule has 0 fully saturated rings. The van der Waals surface area contributed by atoms with Crippen LogP contribution in [0.1, 0.15) is 0 Å². The van der Waals surface area contributed by atoms with Crippen LogP contribution in [0.5, 0.6) is 34.5 Å². The van der Waals surface area contributed by atoms with Crippen LogP contribution in [0.15, 0.2) is 72.8 Å². The number of para-hydroxylation sites is 2. The fraction of sp³-hybridized carbons (Fsp3) is 0.143. The van der Waals surface area contributed by atoms with E-state index in [1.807, 2.05) is 0 Å². The van der Waals surface area contributed by atoms with Crippen LogP contribution in [0.2, 0.25) is 0 Å². The SMILES string of the molecule is COc1ccc([O-])cc1.COc1cccc([O-])c1.COc1ccccc1[O-].[Li+].[Li+].[Li+]. The normalized spacial score (nSPS) is 8.10. The molecular formula is C21H21Li3O6. The van der Waals surface area contributed by atoms with Crippen LogP contribution in [0.25, 0.3) is 0 Å². The Morgan fingerprint density at radius 3 is 1.50 bits per heavy atom. The van der Waals surface area contributed by atoms with Crippen molar-refractivity contribution < 1.29 is 86.1 Å². The minimum absolute atomic E-state index is 0. The minimum atomic E-state index is -0.0694. The number of rotatable bonds is 3. The van der Waals surface area contributed by atoms with Crippen molar-refractivity contribution in [2.24, 2.45) is 0 Å². The van der Waals surface area contributed by atoms with Crippen LogP contribution in [0.4, 0.5) is 0 Å². The Morgan fingerprint density at radius 2 is 1.10 bits per heavy atom. The second kappa shape index (κ2) is 19.2. The van der Waals surface area contributed by atoms with Crippen LogP contribution in [-0.2, 0) is 0 Å². The average molecular weight is 390 g/mol. The van der Waals surface area contributed by atoms with Crippen molar-refractivity contribution >= 4 is 0 Å². The van der Waals surface area contributed by atoms with Gasteiger partial charge in [-0.2, -0.15) is 0 Å². The van der Waals surface area contributed by atoms with Gasteiger partial charge in [-0.15, -0.1) is 11.5 Å². The second-order valence-electron chi connectivity index (χ2n) is 5.01. The first-order valence-corrected chi connectivity index (χ1v) is 7.92. The van der Waals surface area contributed by atoms with E-state index in [0.717, 1.165) is 5.75 Å². The van der Waals surface area contributed by atoms with Gasteiger partial charge >= 0.3 is 56.6 Å². The maximum absolute atomic E-state index is 10.7. The molecular weight excluding hydrogens is 369 g/mol. The third-order valence-corrected chi connectivity index (χ3v) is 3.17. The molecule has 0 bridgehead atoms. The maximum Gasteiger partial charge on any atom is 1.00 e. The summed E-state index contributed by atoms with van der Waals surface area (Å²) in [7, 11) is 4.59. The molecule has 3 aromatic carbocycles. The topological polar surface area (TPSA) is 96.9 Å². The number of hydrogen-bond acceptors (Lipinski definition) is 6. The van der Waals surface area contributed by atoms with Crippen LogP contribution < -0.4 is 86.1 Å². The first-order chi connectivity index (χ1) is 13.0. The molecule has 3 aromatic rings. The van der Waals surface area contributed by atoms with Crippen LogP contribution in [0.3, 0.4) is 0 Å². The Balaban J connectivity index is -0.000000347. The fourth-order valence-electron chi connectivity index (χ4n) is 1.80. The van der Waals surface area contributed by atoms with Crippen molar-refractivity contribution in [1.29, 1.82) is 0 Å². The maximum atomic E-state index is 10.7. The molecule has 0 N–H and O–H groups in total. The van der Waals surface area contributed by atoms with E-state index in [0.29, 0.717) is 11.5 Å². The second-order valence-corrected chi connectivity index (χ2v) is 5.01. The van der Waals surface area contributed by atoms with Gasteiger partial charge in [0, 0.05) is 0 Å². The van der Waals surface area contributed by atoms with E-state index in [2.05, 4.69) is 0 Å². The molecule has 0 saturated heterocycles.